The molecule has 6 nitrogen and oxygen atoms in total. The highest BCUT2D eigenvalue weighted by Crippen LogP contribution is 2.30. The van der Waals surface area contributed by atoms with Crippen LogP contribution in [-0.2, 0) is 27.8 Å². The van der Waals surface area contributed by atoms with Crippen LogP contribution in [0.15, 0.2) is 52.3 Å². The Labute approximate surface area is 188 Å². The topological polar surface area (TPSA) is 87.3 Å². The van der Waals surface area contributed by atoms with Crippen LogP contribution in [0.3, 0.4) is 0 Å². The van der Waals surface area contributed by atoms with Crippen LogP contribution in [0.4, 0.5) is 5.69 Å². The van der Waals surface area contributed by atoms with Crippen molar-refractivity contribution in [3.05, 3.63) is 53.6 Å². The summed E-state index contributed by atoms with van der Waals surface area (Å²) in [5.41, 5.74) is 2.22. The molecule has 1 amide bonds. The van der Waals surface area contributed by atoms with Gasteiger partial charge in [-0.05, 0) is 66.6 Å². The van der Waals surface area contributed by atoms with Crippen molar-refractivity contribution in [2.75, 3.05) is 4.72 Å². The van der Waals surface area contributed by atoms with E-state index in [-0.39, 0.29) is 17.2 Å². The molecule has 1 heterocycles. The monoisotopic (exact) mass is 459 g/mol. The van der Waals surface area contributed by atoms with Gasteiger partial charge in [0.25, 0.3) is 10.0 Å². The minimum absolute atomic E-state index is 0.122. The third-order valence-electron chi connectivity index (χ3n) is 6.03. The number of para-hydroxylation sites is 1. The molecule has 2 aromatic carbocycles. The Hall–Kier alpha value is -2.03. The van der Waals surface area contributed by atoms with Crippen molar-refractivity contribution in [3.8, 4) is 0 Å². The quantitative estimate of drug-likeness (QED) is 0.515. The van der Waals surface area contributed by atoms with Crippen LogP contribution in [0.25, 0.3) is 0 Å². The van der Waals surface area contributed by atoms with Crippen LogP contribution < -0.4 is 14.8 Å². The normalized spacial score (nSPS) is 17.8. The highest BCUT2D eigenvalue weighted by molar-refractivity contribution is 7.98. The van der Waals surface area contributed by atoms with Crippen molar-refractivity contribution in [1.82, 2.24) is 10.0 Å². The summed E-state index contributed by atoms with van der Waals surface area (Å²) < 4.78 is 31.5. The molecule has 4 rings (SSSR count). The second-order valence-corrected chi connectivity index (χ2v) is 11.0. The molecular weight excluding hydrogens is 430 g/mol. The Morgan fingerprint density at radius 3 is 2.74 bits per heavy atom. The molecule has 0 radical (unpaired) electrons. The van der Waals surface area contributed by atoms with Gasteiger partial charge in [0.1, 0.15) is 0 Å². The number of nitrogens with one attached hydrogen (secondary N) is 3. The predicted octanol–water partition coefficient (Wildman–Crippen LogP) is 4.23. The number of hydrogen-bond donors (Lipinski definition) is 3. The maximum absolute atomic E-state index is 13.1. The molecule has 3 N–H and O–H groups in total. The largest absolute Gasteiger partial charge is 0.310 e. The minimum Gasteiger partial charge on any atom is -0.310 e. The summed E-state index contributed by atoms with van der Waals surface area (Å²) in [5.74, 6) is 0.684. The number of benzene rings is 2. The first-order valence-corrected chi connectivity index (χ1v) is 13.1. The van der Waals surface area contributed by atoms with Crippen molar-refractivity contribution in [1.29, 1.82) is 0 Å². The number of carbonyl (C=O) groups excluding carboxylic acids is 1. The van der Waals surface area contributed by atoms with Gasteiger partial charge in [0.05, 0.1) is 17.0 Å². The fourth-order valence-electron chi connectivity index (χ4n) is 4.37. The van der Waals surface area contributed by atoms with Crippen LogP contribution in [-0.4, -0.2) is 20.4 Å². The molecule has 1 atom stereocenters. The molecule has 0 aromatic heterocycles. The van der Waals surface area contributed by atoms with Gasteiger partial charge in [-0.3, -0.25) is 14.2 Å². The van der Waals surface area contributed by atoms with Crippen molar-refractivity contribution in [2.24, 2.45) is 5.92 Å². The number of sulfonamides is 1. The van der Waals surface area contributed by atoms with E-state index in [1.807, 2.05) is 18.2 Å². The summed E-state index contributed by atoms with van der Waals surface area (Å²) in [7, 11) is -3.76. The Kier molecular flexibility index (Phi) is 6.89. The summed E-state index contributed by atoms with van der Waals surface area (Å²) in [6.45, 7) is 2.81. The van der Waals surface area contributed by atoms with Gasteiger partial charge in [-0.25, -0.2) is 8.42 Å². The molecule has 8 heteroatoms. The van der Waals surface area contributed by atoms with Crippen LogP contribution in [0.1, 0.15) is 50.2 Å². The maximum atomic E-state index is 13.1. The highest BCUT2D eigenvalue weighted by atomic mass is 32.2. The average Bonchev–Trinajstić information content (AvgIpc) is 3.25. The van der Waals surface area contributed by atoms with Gasteiger partial charge >= 0.3 is 0 Å². The molecule has 1 aliphatic heterocycles. The SMILES string of the molecule is C[C@@H](CC1CCCC1)NCc1ccccc1NS(=O)(=O)c1ccc2c(c1)CC(=O)NS2. The number of hydrogen-bond acceptors (Lipinski definition) is 5. The van der Waals surface area contributed by atoms with Crippen LogP contribution in [0.5, 0.6) is 0 Å². The van der Waals surface area contributed by atoms with E-state index in [0.29, 0.717) is 18.3 Å². The van der Waals surface area contributed by atoms with E-state index < -0.39 is 10.0 Å². The molecule has 1 saturated carbocycles. The number of rotatable bonds is 8. The van der Waals surface area contributed by atoms with Gasteiger partial charge in [0, 0.05) is 17.5 Å². The van der Waals surface area contributed by atoms with Crippen molar-refractivity contribution in [2.45, 2.75) is 67.8 Å². The third-order valence-corrected chi connectivity index (χ3v) is 8.34. The van der Waals surface area contributed by atoms with Crippen molar-refractivity contribution < 1.29 is 13.2 Å². The molecular formula is C23H29N3O3S2. The van der Waals surface area contributed by atoms with Gasteiger partial charge < -0.3 is 5.32 Å². The average molecular weight is 460 g/mol. The van der Waals surface area contributed by atoms with Crippen LogP contribution in [0, 0.1) is 5.92 Å². The van der Waals surface area contributed by atoms with Crippen molar-refractivity contribution >= 4 is 33.6 Å². The summed E-state index contributed by atoms with van der Waals surface area (Å²) >= 11 is 1.22. The van der Waals surface area contributed by atoms with Gasteiger partial charge in [-0.1, -0.05) is 43.9 Å². The molecule has 0 bridgehead atoms. The van der Waals surface area contributed by atoms with Gasteiger partial charge in [0.15, 0.2) is 0 Å². The molecule has 2 aliphatic rings. The fraction of sp³-hybridized carbons (Fsp3) is 0.435. The van der Waals surface area contributed by atoms with Gasteiger partial charge in [-0.15, -0.1) is 0 Å². The fourth-order valence-corrected chi connectivity index (χ4v) is 6.22. The summed E-state index contributed by atoms with van der Waals surface area (Å²) in [6.07, 6.45) is 6.68. The number of fused-ring (bicyclic) bond motifs is 1. The zero-order valence-electron chi connectivity index (χ0n) is 17.7. The zero-order chi connectivity index (χ0) is 21.8. The molecule has 2 aromatic rings. The Morgan fingerprint density at radius 1 is 1.16 bits per heavy atom. The first-order valence-electron chi connectivity index (χ1n) is 10.8. The maximum Gasteiger partial charge on any atom is 0.261 e. The second kappa shape index (κ2) is 9.63. The smallest absolute Gasteiger partial charge is 0.261 e. The number of amides is 1. The van der Waals surface area contributed by atoms with Crippen LogP contribution >= 0.6 is 11.9 Å². The van der Waals surface area contributed by atoms with Crippen molar-refractivity contribution in [3.63, 3.8) is 0 Å². The van der Waals surface area contributed by atoms with E-state index in [9.17, 15) is 13.2 Å². The van der Waals surface area contributed by atoms with Gasteiger partial charge in [0.2, 0.25) is 5.91 Å². The van der Waals surface area contributed by atoms with Crippen LogP contribution in [0.2, 0.25) is 0 Å². The lowest BCUT2D eigenvalue weighted by Gasteiger charge is -2.20. The van der Waals surface area contributed by atoms with E-state index in [0.717, 1.165) is 28.4 Å². The lowest BCUT2D eigenvalue weighted by atomic mass is 9.99. The molecule has 31 heavy (non-hydrogen) atoms. The number of carbonyl (C=O) groups is 1. The summed E-state index contributed by atoms with van der Waals surface area (Å²) in [6, 6.07) is 12.8. The molecule has 1 aliphatic carbocycles. The molecule has 0 unspecified atom stereocenters. The Morgan fingerprint density at radius 2 is 1.94 bits per heavy atom. The number of anilines is 1. The predicted molar refractivity (Wildman–Crippen MR) is 124 cm³/mol. The lowest BCUT2D eigenvalue weighted by Crippen LogP contribution is -2.28. The highest BCUT2D eigenvalue weighted by Gasteiger charge is 2.22. The minimum atomic E-state index is -3.76. The van der Waals surface area contributed by atoms with E-state index in [1.165, 1.54) is 37.6 Å². The Balaban J connectivity index is 1.45. The second-order valence-electron chi connectivity index (χ2n) is 8.50. The standard InChI is InChI=1S/C23H29N3O3S2/c1-16(12-17-6-2-3-7-17)24-15-18-8-4-5-9-21(18)26-31(28,29)20-10-11-22-19(13-20)14-23(27)25-30-22/h4-5,8-11,13,16-17,24,26H,2-3,6-7,12,14-15H2,1H3,(H,25,27)/t16-/m0/s1. The molecule has 0 saturated heterocycles. The molecule has 0 spiro atoms. The van der Waals surface area contributed by atoms with E-state index in [2.05, 4.69) is 21.7 Å². The summed E-state index contributed by atoms with van der Waals surface area (Å²) in [4.78, 5) is 12.7. The van der Waals surface area contributed by atoms with Gasteiger partial charge in [-0.2, -0.15) is 0 Å². The molecule has 1 fully saturated rings. The van der Waals surface area contributed by atoms with E-state index in [4.69, 9.17) is 0 Å². The van der Waals surface area contributed by atoms with E-state index in [1.54, 1.807) is 24.3 Å². The lowest BCUT2D eigenvalue weighted by molar-refractivity contribution is -0.118. The molecule has 166 valence electrons. The van der Waals surface area contributed by atoms with E-state index >= 15 is 0 Å². The third kappa shape index (κ3) is 5.61. The zero-order valence-corrected chi connectivity index (χ0v) is 19.3. The Bertz CT molecular complexity index is 1050. The first-order chi connectivity index (χ1) is 14.9. The summed E-state index contributed by atoms with van der Waals surface area (Å²) in [5, 5.41) is 3.56. The first kappa shape index (κ1) is 22.2.